The second-order valence-corrected chi connectivity index (χ2v) is 9.84. The lowest BCUT2D eigenvalue weighted by Gasteiger charge is -2.17. The predicted octanol–water partition coefficient (Wildman–Crippen LogP) is 3.70. The molecule has 0 aromatic heterocycles. The zero-order chi connectivity index (χ0) is 24.9. The van der Waals surface area contributed by atoms with Crippen LogP contribution in [0.3, 0.4) is 0 Å². The first-order valence-electron chi connectivity index (χ1n) is 11.2. The second-order valence-electron chi connectivity index (χ2n) is 8.13. The SMILES string of the molecule is C1COCCO1.CN(C)CCCNc1ccccc1NC(=O)[C@H](N)Cc1cc(Br)c(N)c(Br)c1. The number of hydrogen-bond acceptors (Lipinski definition) is 7. The molecule has 34 heavy (non-hydrogen) atoms. The Balaban J connectivity index is 0.000000589. The number of amides is 1. The minimum Gasteiger partial charge on any atom is -0.397 e. The average molecular weight is 601 g/mol. The fourth-order valence-corrected chi connectivity index (χ4v) is 4.41. The van der Waals surface area contributed by atoms with Gasteiger partial charge < -0.3 is 36.5 Å². The van der Waals surface area contributed by atoms with Crippen molar-refractivity contribution in [1.29, 1.82) is 0 Å². The normalized spacial score (nSPS) is 14.2. The topological polar surface area (TPSA) is 115 Å². The third-order valence-electron chi connectivity index (χ3n) is 4.96. The Morgan fingerprint density at radius 1 is 1.06 bits per heavy atom. The van der Waals surface area contributed by atoms with Crippen LogP contribution in [0.25, 0.3) is 0 Å². The molecule has 1 aliphatic rings. The molecular formula is C24H35Br2N5O3. The van der Waals surface area contributed by atoms with E-state index in [4.69, 9.17) is 20.9 Å². The van der Waals surface area contributed by atoms with Gasteiger partial charge in [0.1, 0.15) is 0 Å². The molecule has 1 atom stereocenters. The van der Waals surface area contributed by atoms with Crippen LogP contribution in [0.5, 0.6) is 0 Å². The van der Waals surface area contributed by atoms with Gasteiger partial charge in [-0.25, -0.2) is 0 Å². The molecule has 2 aromatic carbocycles. The third kappa shape index (κ3) is 10.3. The van der Waals surface area contributed by atoms with Crippen LogP contribution in [0, 0.1) is 0 Å². The molecule has 1 aliphatic heterocycles. The monoisotopic (exact) mass is 599 g/mol. The van der Waals surface area contributed by atoms with E-state index >= 15 is 0 Å². The maximum Gasteiger partial charge on any atom is 0.241 e. The first kappa shape index (κ1) is 28.5. The van der Waals surface area contributed by atoms with Crippen LogP contribution < -0.4 is 22.1 Å². The molecule has 1 amide bonds. The summed E-state index contributed by atoms with van der Waals surface area (Å²) in [7, 11) is 4.10. The first-order chi connectivity index (χ1) is 16.3. The maximum absolute atomic E-state index is 12.6. The van der Waals surface area contributed by atoms with Gasteiger partial charge in [0, 0.05) is 15.5 Å². The van der Waals surface area contributed by atoms with Crippen molar-refractivity contribution in [3.8, 4) is 0 Å². The summed E-state index contributed by atoms with van der Waals surface area (Å²) in [4.78, 5) is 14.7. The Bertz CT molecular complexity index is 875. The average Bonchev–Trinajstić information content (AvgIpc) is 2.82. The molecule has 188 valence electrons. The summed E-state index contributed by atoms with van der Waals surface area (Å²) in [6, 6.07) is 10.7. The van der Waals surface area contributed by atoms with Gasteiger partial charge in [-0.05, 0) is 95.2 Å². The minimum absolute atomic E-state index is 0.230. The highest BCUT2D eigenvalue weighted by Gasteiger charge is 2.17. The van der Waals surface area contributed by atoms with E-state index in [0.717, 1.165) is 71.8 Å². The van der Waals surface area contributed by atoms with E-state index in [2.05, 4.69) is 47.4 Å². The first-order valence-corrected chi connectivity index (χ1v) is 12.8. The van der Waals surface area contributed by atoms with E-state index < -0.39 is 6.04 Å². The maximum atomic E-state index is 12.6. The van der Waals surface area contributed by atoms with E-state index in [9.17, 15) is 4.79 Å². The lowest BCUT2D eigenvalue weighted by Crippen LogP contribution is -2.37. The Morgan fingerprint density at radius 2 is 1.62 bits per heavy atom. The molecule has 6 N–H and O–H groups in total. The largest absolute Gasteiger partial charge is 0.397 e. The number of nitrogens with two attached hydrogens (primary N) is 2. The molecular weight excluding hydrogens is 566 g/mol. The third-order valence-corrected chi connectivity index (χ3v) is 6.27. The zero-order valence-corrected chi connectivity index (χ0v) is 23.0. The van der Waals surface area contributed by atoms with E-state index in [1.807, 2.05) is 50.5 Å². The van der Waals surface area contributed by atoms with Crippen LogP contribution >= 0.6 is 31.9 Å². The van der Waals surface area contributed by atoms with Crippen LogP contribution in [0.4, 0.5) is 17.1 Å². The fourth-order valence-electron chi connectivity index (χ4n) is 3.13. The molecule has 0 bridgehead atoms. The van der Waals surface area contributed by atoms with Crippen molar-refractivity contribution in [3.63, 3.8) is 0 Å². The van der Waals surface area contributed by atoms with Gasteiger partial charge in [0.25, 0.3) is 0 Å². The Labute approximate surface area is 219 Å². The molecule has 0 saturated carbocycles. The molecule has 3 rings (SSSR count). The van der Waals surface area contributed by atoms with Gasteiger partial charge in [0.05, 0.1) is 49.5 Å². The van der Waals surface area contributed by atoms with Crippen molar-refractivity contribution in [2.24, 2.45) is 5.73 Å². The summed E-state index contributed by atoms with van der Waals surface area (Å²) in [6.45, 7) is 4.93. The minimum atomic E-state index is -0.677. The lowest BCUT2D eigenvalue weighted by atomic mass is 10.1. The number of nitrogens with zero attached hydrogens (tertiary/aromatic N) is 1. The highest BCUT2D eigenvalue weighted by molar-refractivity contribution is 9.11. The number of benzene rings is 2. The van der Waals surface area contributed by atoms with Gasteiger partial charge in [0.15, 0.2) is 0 Å². The van der Waals surface area contributed by atoms with Crippen LogP contribution in [-0.4, -0.2) is 70.5 Å². The van der Waals surface area contributed by atoms with Gasteiger partial charge in [-0.15, -0.1) is 0 Å². The summed E-state index contributed by atoms with van der Waals surface area (Å²) in [5, 5.41) is 6.31. The van der Waals surface area contributed by atoms with Crippen molar-refractivity contribution in [2.45, 2.75) is 18.9 Å². The molecule has 0 unspecified atom stereocenters. The number of carbonyl (C=O) groups excluding carboxylic acids is 1. The summed E-state index contributed by atoms with van der Waals surface area (Å²) < 4.78 is 11.4. The number of halogens is 2. The highest BCUT2D eigenvalue weighted by Crippen LogP contribution is 2.30. The van der Waals surface area contributed by atoms with Gasteiger partial charge >= 0.3 is 0 Å². The standard InChI is InChI=1S/C20H27Br2N5O.C4H8O2/c1-27(2)9-5-8-25-17-6-3-4-7-18(17)26-20(28)16(23)12-13-10-14(21)19(24)15(22)11-13;1-2-6-4-3-5-1/h3-4,6-7,10-11,16,25H,5,8-9,12,23-24H2,1-2H3,(H,26,28);1-4H2/t16-;/m1./s1. The summed E-state index contributed by atoms with van der Waals surface area (Å²) in [6.07, 6.45) is 1.41. The van der Waals surface area contributed by atoms with Gasteiger partial charge in [-0.1, -0.05) is 12.1 Å². The molecule has 1 fully saturated rings. The molecule has 0 spiro atoms. The fraction of sp³-hybridized carbons (Fsp3) is 0.458. The number of carbonyl (C=O) groups is 1. The number of hydrogen-bond donors (Lipinski definition) is 4. The molecule has 1 heterocycles. The van der Waals surface area contributed by atoms with Crippen LogP contribution in [0.1, 0.15) is 12.0 Å². The van der Waals surface area contributed by atoms with E-state index in [1.54, 1.807) is 0 Å². The lowest BCUT2D eigenvalue weighted by molar-refractivity contribution is -0.117. The number of anilines is 3. The van der Waals surface area contributed by atoms with Crippen LogP contribution in [-0.2, 0) is 20.7 Å². The molecule has 0 radical (unpaired) electrons. The van der Waals surface area contributed by atoms with E-state index in [-0.39, 0.29) is 5.91 Å². The Morgan fingerprint density at radius 3 is 2.15 bits per heavy atom. The van der Waals surface area contributed by atoms with Gasteiger partial charge in [0.2, 0.25) is 5.91 Å². The Hall–Kier alpha value is -1.69. The van der Waals surface area contributed by atoms with Gasteiger partial charge in [-0.3, -0.25) is 4.79 Å². The highest BCUT2D eigenvalue weighted by atomic mass is 79.9. The zero-order valence-electron chi connectivity index (χ0n) is 19.8. The number of nitrogen functional groups attached to an aromatic ring is 1. The van der Waals surface area contributed by atoms with E-state index in [0.29, 0.717) is 12.1 Å². The summed E-state index contributed by atoms with van der Waals surface area (Å²) in [5.74, 6) is -0.230. The molecule has 0 aliphatic carbocycles. The number of para-hydroxylation sites is 2. The number of nitrogens with one attached hydrogen (secondary N) is 2. The molecule has 1 saturated heterocycles. The van der Waals surface area contributed by atoms with Crippen molar-refractivity contribution in [1.82, 2.24) is 4.90 Å². The molecule has 8 nitrogen and oxygen atoms in total. The van der Waals surface area contributed by atoms with E-state index in [1.165, 1.54) is 0 Å². The van der Waals surface area contributed by atoms with Crippen molar-refractivity contribution in [2.75, 3.05) is 70.0 Å². The van der Waals surface area contributed by atoms with Crippen LogP contribution in [0.2, 0.25) is 0 Å². The van der Waals surface area contributed by atoms with Crippen molar-refractivity contribution < 1.29 is 14.3 Å². The molecule has 2 aromatic rings. The van der Waals surface area contributed by atoms with Crippen LogP contribution in [0.15, 0.2) is 45.3 Å². The predicted molar refractivity (Wildman–Crippen MR) is 146 cm³/mol. The van der Waals surface area contributed by atoms with Crippen molar-refractivity contribution in [3.05, 3.63) is 50.9 Å². The summed E-state index contributed by atoms with van der Waals surface area (Å²) >= 11 is 6.84. The molecule has 10 heteroatoms. The Kier molecular flexibility index (Phi) is 12.9. The number of ether oxygens (including phenoxy) is 2. The second kappa shape index (κ2) is 15.3. The van der Waals surface area contributed by atoms with Crippen molar-refractivity contribution >= 4 is 54.8 Å². The quantitative estimate of drug-likeness (QED) is 0.256. The van der Waals surface area contributed by atoms with Gasteiger partial charge in [-0.2, -0.15) is 0 Å². The number of rotatable bonds is 9. The smallest absolute Gasteiger partial charge is 0.241 e. The summed E-state index contributed by atoms with van der Waals surface area (Å²) in [5.41, 5.74) is 15.2.